The number of hydrogen-bond acceptors (Lipinski definition) is 10. The highest BCUT2D eigenvalue weighted by Gasteiger charge is 2.22. The number of anilines is 2. The molecule has 1 saturated heterocycles. The smallest absolute Gasteiger partial charge is 0.291 e. The molecule has 0 bridgehead atoms. The van der Waals surface area contributed by atoms with Crippen molar-refractivity contribution in [3.05, 3.63) is 46.1 Å². The molecule has 1 aliphatic rings. The molecule has 4 rings (SSSR count). The van der Waals surface area contributed by atoms with Crippen molar-refractivity contribution in [1.29, 1.82) is 0 Å². The van der Waals surface area contributed by atoms with E-state index in [0.29, 0.717) is 18.2 Å². The van der Waals surface area contributed by atoms with Crippen LogP contribution < -0.4 is 24.8 Å². The predicted octanol–water partition coefficient (Wildman–Crippen LogP) is 5.33. The molecule has 3 aromatic rings. The molecule has 0 radical (unpaired) electrons. The van der Waals surface area contributed by atoms with Crippen LogP contribution in [0.15, 0.2) is 39.2 Å². The zero-order valence-corrected chi connectivity index (χ0v) is 25.1. The van der Waals surface area contributed by atoms with Gasteiger partial charge in [0.25, 0.3) is 11.9 Å². The van der Waals surface area contributed by atoms with Gasteiger partial charge < -0.3 is 34.0 Å². The first kappa shape index (κ1) is 29.6. The molecule has 2 aromatic heterocycles. The first-order valence-electron chi connectivity index (χ1n) is 13.1. The number of nitrogens with zero attached hydrogens (tertiary/aromatic N) is 3. The lowest BCUT2D eigenvalue weighted by Crippen LogP contribution is -2.37. The fourth-order valence-corrected chi connectivity index (χ4v) is 4.39. The zero-order chi connectivity index (χ0) is 28.7. The summed E-state index contributed by atoms with van der Waals surface area (Å²) < 4.78 is 28.6. The maximum absolute atomic E-state index is 13.0. The first-order valence-corrected chi connectivity index (χ1v) is 13.9. The Kier molecular flexibility index (Phi) is 9.88. The number of nitrogens with one attached hydrogen (secondary N) is 2. The van der Waals surface area contributed by atoms with Gasteiger partial charge in [0.2, 0.25) is 17.7 Å². The number of hydrogen-bond donors (Lipinski definition) is 2. The standard InChI is InChI=1S/C28H36BrN5O6/c1-28(2,3)18-7-8-19(29)21(17-18)40-22-10-9-20(39-22)24(35)31-23-25(36-4)32-27(33-26(23)37-5)30-11-6-12-34-13-15-38-16-14-34/h7-10,17H,6,11-16H2,1-5H3,(H,31,35)(H,30,32,33). The first-order chi connectivity index (χ1) is 19.2. The van der Waals surface area contributed by atoms with E-state index in [0.717, 1.165) is 49.3 Å². The Balaban J connectivity index is 1.41. The quantitative estimate of drug-likeness (QED) is 0.273. The number of halogens is 1. The molecule has 1 amide bonds. The van der Waals surface area contributed by atoms with Crippen LogP contribution in [-0.4, -0.2) is 74.4 Å². The molecule has 0 atom stereocenters. The summed E-state index contributed by atoms with van der Waals surface area (Å²) in [6.45, 7) is 11.4. The monoisotopic (exact) mass is 617 g/mol. The van der Waals surface area contributed by atoms with Gasteiger partial charge in [0.15, 0.2) is 11.4 Å². The molecule has 1 fully saturated rings. The third-order valence-electron chi connectivity index (χ3n) is 6.32. The summed E-state index contributed by atoms with van der Waals surface area (Å²) in [5, 5.41) is 5.93. The Hall–Kier alpha value is -3.35. The van der Waals surface area contributed by atoms with Crippen molar-refractivity contribution >= 4 is 33.5 Å². The fraction of sp³-hybridized carbons (Fsp3) is 0.464. The highest BCUT2D eigenvalue weighted by atomic mass is 79.9. The van der Waals surface area contributed by atoms with Crippen molar-refractivity contribution in [2.45, 2.75) is 32.6 Å². The lowest BCUT2D eigenvalue weighted by Gasteiger charge is -2.26. The number of methoxy groups -OCH3 is 2. The lowest BCUT2D eigenvalue weighted by atomic mass is 9.87. The van der Waals surface area contributed by atoms with E-state index in [2.05, 4.69) is 62.2 Å². The summed E-state index contributed by atoms with van der Waals surface area (Å²) in [7, 11) is 2.92. The van der Waals surface area contributed by atoms with Gasteiger partial charge in [-0.3, -0.25) is 9.69 Å². The molecule has 0 aliphatic carbocycles. The highest BCUT2D eigenvalue weighted by molar-refractivity contribution is 9.10. The Morgan fingerprint density at radius 2 is 1.77 bits per heavy atom. The van der Waals surface area contributed by atoms with E-state index in [1.165, 1.54) is 20.3 Å². The highest BCUT2D eigenvalue weighted by Crippen LogP contribution is 2.36. The third kappa shape index (κ3) is 7.64. The van der Waals surface area contributed by atoms with E-state index < -0.39 is 5.91 Å². The summed E-state index contributed by atoms with van der Waals surface area (Å²) in [5.41, 5.74) is 1.24. The summed E-state index contributed by atoms with van der Waals surface area (Å²) in [4.78, 5) is 24.2. The van der Waals surface area contributed by atoms with Crippen LogP contribution >= 0.6 is 15.9 Å². The molecule has 3 heterocycles. The Morgan fingerprint density at radius 3 is 2.42 bits per heavy atom. The average molecular weight is 619 g/mol. The molecule has 0 unspecified atom stereocenters. The SMILES string of the molecule is COc1nc(NCCCN2CCOCC2)nc(OC)c1NC(=O)c1ccc(Oc2cc(C(C)(C)C)ccc2Br)o1. The van der Waals surface area contributed by atoms with Gasteiger partial charge in [0.1, 0.15) is 5.75 Å². The molecule has 1 aliphatic heterocycles. The molecule has 0 saturated carbocycles. The summed E-state index contributed by atoms with van der Waals surface area (Å²) in [5.74, 6) is 0.896. The van der Waals surface area contributed by atoms with Crippen LogP contribution in [0.2, 0.25) is 0 Å². The van der Waals surface area contributed by atoms with Crippen LogP contribution in [0, 0.1) is 0 Å². The van der Waals surface area contributed by atoms with Crippen LogP contribution in [0.25, 0.3) is 0 Å². The van der Waals surface area contributed by atoms with Crippen LogP contribution in [0.1, 0.15) is 43.3 Å². The Bertz CT molecular complexity index is 1280. The van der Waals surface area contributed by atoms with E-state index in [1.54, 1.807) is 6.07 Å². The maximum Gasteiger partial charge on any atom is 0.291 e. The number of benzene rings is 1. The number of ether oxygens (including phenoxy) is 4. The van der Waals surface area contributed by atoms with Gasteiger partial charge in [-0.15, -0.1) is 0 Å². The molecule has 216 valence electrons. The molecule has 12 heteroatoms. The van der Waals surface area contributed by atoms with E-state index in [4.69, 9.17) is 23.4 Å². The largest absolute Gasteiger partial charge is 0.479 e. The van der Waals surface area contributed by atoms with Crippen molar-refractivity contribution < 1.29 is 28.2 Å². The summed E-state index contributed by atoms with van der Waals surface area (Å²) in [6, 6.07) is 9.01. The number of amides is 1. The minimum Gasteiger partial charge on any atom is -0.479 e. The molecule has 40 heavy (non-hydrogen) atoms. The molecular weight excluding hydrogens is 582 g/mol. The zero-order valence-electron chi connectivity index (χ0n) is 23.5. The number of aromatic nitrogens is 2. The minimum absolute atomic E-state index is 0.0347. The maximum atomic E-state index is 13.0. The summed E-state index contributed by atoms with van der Waals surface area (Å²) in [6.07, 6.45) is 0.909. The second-order valence-electron chi connectivity index (χ2n) is 10.2. The predicted molar refractivity (Wildman–Crippen MR) is 155 cm³/mol. The normalized spacial score (nSPS) is 14.1. The van der Waals surface area contributed by atoms with Crippen molar-refractivity contribution in [3.63, 3.8) is 0 Å². The number of carbonyl (C=O) groups excluding carboxylic acids is 1. The van der Waals surface area contributed by atoms with E-state index in [9.17, 15) is 4.79 Å². The number of morpholine rings is 1. The second-order valence-corrected chi connectivity index (χ2v) is 11.1. The average Bonchev–Trinajstić information content (AvgIpc) is 3.41. The Morgan fingerprint density at radius 1 is 1.07 bits per heavy atom. The molecule has 2 N–H and O–H groups in total. The second kappa shape index (κ2) is 13.3. The molecule has 1 aromatic carbocycles. The van der Waals surface area contributed by atoms with Crippen molar-refractivity contribution in [2.75, 3.05) is 64.2 Å². The fourth-order valence-electron chi connectivity index (χ4n) is 4.06. The Labute approximate surface area is 242 Å². The van der Waals surface area contributed by atoms with E-state index in [1.807, 2.05) is 18.2 Å². The van der Waals surface area contributed by atoms with Gasteiger partial charge in [-0.2, -0.15) is 9.97 Å². The third-order valence-corrected chi connectivity index (χ3v) is 6.97. The summed E-state index contributed by atoms with van der Waals surface area (Å²) >= 11 is 3.51. The van der Waals surface area contributed by atoms with Gasteiger partial charge in [0.05, 0.1) is 31.9 Å². The van der Waals surface area contributed by atoms with Crippen LogP contribution in [-0.2, 0) is 10.2 Å². The van der Waals surface area contributed by atoms with Gasteiger partial charge in [-0.25, -0.2) is 0 Å². The number of furan rings is 1. The number of carbonyl (C=O) groups is 1. The minimum atomic E-state index is -0.538. The molecule has 11 nitrogen and oxygen atoms in total. The molecular formula is C28H36BrN5O6. The van der Waals surface area contributed by atoms with Gasteiger partial charge in [0, 0.05) is 25.7 Å². The van der Waals surface area contributed by atoms with Gasteiger partial charge >= 0.3 is 0 Å². The van der Waals surface area contributed by atoms with E-state index >= 15 is 0 Å². The van der Waals surface area contributed by atoms with Crippen LogP contribution in [0.3, 0.4) is 0 Å². The molecule has 0 spiro atoms. The van der Waals surface area contributed by atoms with Crippen LogP contribution in [0.5, 0.6) is 23.5 Å². The van der Waals surface area contributed by atoms with Crippen molar-refractivity contribution in [2.24, 2.45) is 0 Å². The van der Waals surface area contributed by atoms with Crippen molar-refractivity contribution in [3.8, 4) is 23.5 Å². The van der Waals surface area contributed by atoms with Crippen molar-refractivity contribution in [1.82, 2.24) is 14.9 Å². The van der Waals surface area contributed by atoms with Gasteiger partial charge in [-0.05, 0) is 58.1 Å². The lowest BCUT2D eigenvalue weighted by molar-refractivity contribution is 0.0378. The van der Waals surface area contributed by atoms with Gasteiger partial charge in [-0.1, -0.05) is 26.8 Å². The van der Waals surface area contributed by atoms with Crippen LogP contribution in [0.4, 0.5) is 11.6 Å². The number of rotatable bonds is 11. The topological polar surface area (TPSA) is 120 Å². The van der Waals surface area contributed by atoms with E-state index in [-0.39, 0.29) is 34.6 Å².